The van der Waals surface area contributed by atoms with Crippen LogP contribution in [0, 0.1) is 0 Å². The maximum absolute atomic E-state index is 11.6. The van der Waals surface area contributed by atoms with Crippen molar-refractivity contribution in [3.05, 3.63) is 29.8 Å². The van der Waals surface area contributed by atoms with Crippen molar-refractivity contribution >= 4 is 5.97 Å². The summed E-state index contributed by atoms with van der Waals surface area (Å²) in [5.41, 5.74) is 0.427. The first-order chi connectivity index (χ1) is 8.20. The number of rotatable bonds is 6. The van der Waals surface area contributed by atoms with Gasteiger partial charge in [-0.05, 0) is 12.5 Å². The van der Waals surface area contributed by atoms with Gasteiger partial charge in [0.1, 0.15) is 5.75 Å². The highest BCUT2D eigenvalue weighted by Gasteiger charge is 2.21. The molecule has 1 atom stereocenters. The Bertz CT molecular complexity index is 362. The Labute approximate surface area is 101 Å². The van der Waals surface area contributed by atoms with Crippen LogP contribution in [-0.4, -0.2) is 24.8 Å². The van der Waals surface area contributed by atoms with E-state index in [9.17, 15) is 9.90 Å². The quantitative estimate of drug-likeness (QED) is 0.609. The van der Waals surface area contributed by atoms with E-state index in [1.165, 1.54) is 7.11 Å². The molecule has 0 aromatic heterocycles. The van der Waals surface area contributed by atoms with Gasteiger partial charge in [0.2, 0.25) is 0 Å². The van der Waals surface area contributed by atoms with Gasteiger partial charge in [-0.2, -0.15) is 0 Å². The highest BCUT2D eigenvalue weighted by molar-refractivity contribution is 5.77. The molecule has 0 heterocycles. The van der Waals surface area contributed by atoms with Gasteiger partial charge in [0.15, 0.2) is 6.10 Å². The molecule has 0 aliphatic carbocycles. The van der Waals surface area contributed by atoms with Crippen LogP contribution in [0.15, 0.2) is 24.3 Å². The predicted octanol–water partition coefficient (Wildman–Crippen LogP) is 2.07. The second-order valence-corrected chi connectivity index (χ2v) is 3.67. The molecule has 0 radical (unpaired) electrons. The molecule has 0 fully saturated rings. The molecule has 1 N–H and O–H groups in total. The summed E-state index contributed by atoms with van der Waals surface area (Å²) in [4.78, 5) is 11.6. The van der Waals surface area contributed by atoms with Crippen LogP contribution in [-0.2, 0) is 9.53 Å². The van der Waals surface area contributed by atoms with Crippen molar-refractivity contribution in [3.8, 4) is 5.75 Å². The summed E-state index contributed by atoms with van der Waals surface area (Å²) in [6.07, 6.45) is 0.450. The van der Waals surface area contributed by atoms with Gasteiger partial charge in [-0.25, -0.2) is 4.79 Å². The Hall–Kier alpha value is -1.55. The summed E-state index contributed by atoms with van der Waals surface area (Å²) in [5, 5.41) is 9.85. The van der Waals surface area contributed by atoms with E-state index in [1.807, 2.05) is 6.92 Å². The number of hydrogen-bond donors (Lipinski definition) is 1. The van der Waals surface area contributed by atoms with E-state index in [1.54, 1.807) is 24.3 Å². The monoisotopic (exact) mass is 238 g/mol. The van der Waals surface area contributed by atoms with Crippen molar-refractivity contribution in [2.45, 2.75) is 25.9 Å². The standard InChI is InChI=1S/C13H18O4/c1-3-4-9-17-13(15)12(14)10-7-5-6-8-11(10)16-2/h5-8,12,14H,3-4,9H2,1-2H3. The van der Waals surface area contributed by atoms with Crippen LogP contribution >= 0.6 is 0 Å². The first-order valence-electron chi connectivity index (χ1n) is 5.68. The van der Waals surface area contributed by atoms with Crippen molar-refractivity contribution in [1.82, 2.24) is 0 Å². The van der Waals surface area contributed by atoms with Crippen LogP contribution < -0.4 is 4.74 Å². The van der Waals surface area contributed by atoms with Crippen LogP contribution in [0.3, 0.4) is 0 Å². The summed E-state index contributed by atoms with van der Waals surface area (Å²) in [5.74, 6) is -0.157. The lowest BCUT2D eigenvalue weighted by Gasteiger charge is -2.13. The third-order valence-corrected chi connectivity index (χ3v) is 2.40. The van der Waals surface area contributed by atoms with Gasteiger partial charge < -0.3 is 14.6 Å². The van der Waals surface area contributed by atoms with Crippen LogP contribution in [0.4, 0.5) is 0 Å². The number of unbranched alkanes of at least 4 members (excludes halogenated alkanes) is 1. The van der Waals surface area contributed by atoms with Crippen molar-refractivity contribution in [1.29, 1.82) is 0 Å². The zero-order chi connectivity index (χ0) is 12.7. The fraction of sp³-hybridized carbons (Fsp3) is 0.462. The molecule has 0 bridgehead atoms. The largest absolute Gasteiger partial charge is 0.496 e. The fourth-order valence-electron chi connectivity index (χ4n) is 1.42. The number of hydrogen-bond acceptors (Lipinski definition) is 4. The molecule has 4 heteroatoms. The number of ether oxygens (including phenoxy) is 2. The van der Waals surface area contributed by atoms with Gasteiger partial charge >= 0.3 is 5.97 Å². The first kappa shape index (κ1) is 13.5. The van der Waals surface area contributed by atoms with Crippen molar-refractivity contribution in [2.24, 2.45) is 0 Å². The number of benzene rings is 1. The van der Waals surface area contributed by atoms with E-state index in [0.717, 1.165) is 12.8 Å². The zero-order valence-electron chi connectivity index (χ0n) is 10.2. The summed E-state index contributed by atoms with van der Waals surface area (Å²) >= 11 is 0. The minimum atomic E-state index is -1.29. The zero-order valence-corrected chi connectivity index (χ0v) is 10.2. The molecule has 0 amide bonds. The third kappa shape index (κ3) is 3.75. The van der Waals surface area contributed by atoms with E-state index in [4.69, 9.17) is 9.47 Å². The third-order valence-electron chi connectivity index (χ3n) is 2.40. The lowest BCUT2D eigenvalue weighted by Crippen LogP contribution is -2.16. The van der Waals surface area contributed by atoms with Gasteiger partial charge in [-0.15, -0.1) is 0 Å². The highest BCUT2D eigenvalue weighted by Crippen LogP contribution is 2.25. The van der Waals surface area contributed by atoms with Gasteiger partial charge in [-0.3, -0.25) is 0 Å². The molecule has 17 heavy (non-hydrogen) atoms. The molecule has 1 unspecified atom stereocenters. The molecule has 0 saturated carbocycles. The predicted molar refractivity (Wildman–Crippen MR) is 63.8 cm³/mol. The van der Waals surface area contributed by atoms with Gasteiger partial charge in [0.25, 0.3) is 0 Å². The molecule has 1 rings (SSSR count). The Kier molecular flexibility index (Phi) is 5.49. The fourth-order valence-corrected chi connectivity index (χ4v) is 1.42. The number of esters is 1. The van der Waals surface area contributed by atoms with E-state index < -0.39 is 12.1 Å². The number of aliphatic hydroxyl groups excluding tert-OH is 1. The molecular formula is C13H18O4. The average molecular weight is 238 g/mol. The first-order valence-corrected chi connectivity index (χ1v) is 5.68. The van der Waals surface area contributed by atoms with E-state index in [-0.39, 0.29) is 0 Å². The SMILES string of the molecule is CCCCOC(=O)C(O)c1ccccc1OC. The van der Waals surface area contributed by atoms with Crippen molar-refractivity contribution in [2.75, 3.05) is 13.7 Å². The Morgan fingerprint density at radius 2 is 2.12 bits per heavy atom. The molecule has 0 aliphatic heterocycles. The van der Waals surface area contributed by atoms with E-state index in [0.29, 0.717) is 17.9 Å². The maximum Gasteiger partial charge on any atom is 0.339 e. The Morgan fingerprint density at radius 1 is 1.41 bits per heavy atom. The molecule has 1 aromatic rings. The summed E-state index contributed by atoms with van der Waals surface area (Å²) in [6.45, 7) is 2.34. The van der Waals surface area contributed by atoms with Crippen LogP contribution in [0.5, 0.6) is 5.75 Å². The lowest BCUT2D eigenvalue weighted by atomic mass is 10.1. The van der Waals surface area contributed by atoms with Crippen LogP contribution in [0.1, 0.15) is 31.4 Å². The minimum absolute atomic E-state index is 0.335. The molecular weight excluding hydrogens is 220 g/mol. The summed E-state index contributed by atoms with van der Waals surface area (Å²) in [7, 11) is 1.49. The highest BCUT2D eigenvalue weighted by atomic mass is 16.5. The molecule has 0 saturated heterocycles. The summed E-state index contributed by atoms with van der Waals surface area (Å²) < 4.78 is 10.0. The van der Waals surface area contributed by atoms with E-state index >= 15 is 0 Å². The second kappa shape index (κ2) is 6.91. The molecule has 94 valence electrons. The minimum Gasteiger partial charge on any atom is -0.496 e. The van der Waals surface area contributed by atoms with Crippen LogP contribution in [0.25, 0.3) is 0 Å². The molecule has 0 aliphatic rings. The number of carbonyl (C=O) groups excluding carboxylic acids is 1. The Morgan fingerprint density at radius 3 is 2.76 bits per heavy atom. The molecule has 0 spiro atoms. The topological polar surface area (TPSA) is 55.8 Å². The van der Waals surface area contributed by atoms with Gasteiger partial charge in [-0.1, -0.05) is 31.5 Å². The van der Waals surface area contributed by atoms with Gasteiger partial charge in [0, 0.05) is 5.56 Å². The number of methoxy groups -OCH3 is 1. The number of carbonyl (C=O) groups is 1. The number of aliphatic hydroxyl groups is 1. The molecule has 4 nitrogen and oxygen atoms in total. The normalized spacial score (nSPS) is 11.9. The smallest absolute Gasteiger partial charge is 0.339 e. The van der Waals surface area contributed by atoms with Crippen molar-refractivity contribution in [3.63, 3.8) is 0 Å². The van der Waals surface area contributed by atoms with Gasteiger partial charge in [0.05, 0.1) is 13.7 Å². The van der Waals surface area contributed by atoms with Crippen molar-refractivity contribution < 1.29 is 19.4 Å². The second-order valence-electron chi connectivity index (χ2n) is 3.67. The molecule has 1 aromatic carbocycles. The maximum atomic E-state index is 11.6. The van der Waals surface area contributed by atoms with E-state index in [2.05, 4.69) is 0 Å². The summed E-state index contributed by atoms with van der Waals surface area (Å²) in [6, 6.07) is 6.85. The lowest BCUT2D eigenvalue weighted by molar-refractivity contribution is -0.154. The number of para-hydroxylation sites is 1. The Balaban J connectivity index is 2.67. The van der Waals surface area contributed by atoms with Crippen LogP contribution in [0.2, 0.25) is 0 Å². The average Bonchev–Trinajstić information content (AvgIpc) is 2.38.